The molecule has 33 heavy (non-hydrogen) atoms. The molecule has 0 radical (unpaired) electrons. The number of anilines is 1. The fourth-order valence-electron chi connectivity index (χ4n) is 4.21. The molecule has 4 rings (SSSR count). The van der Waals surface area contributed by atoms with Crippen molar-refractivity contribution in [1.82, 2.24) is 20.1 Å². The summed E-state index contributed by atoms with van der Waals surface area (Å²) in [6.07, 6.45) is 4.30. The highest BCUT2D eigenvalue weighted by Gasteiger charge is 2.37. The van der Waals surface area contributed by atoms with Gasteiger partial charge in [-0.1, -0.05) is 11.6 Å². The van der Waals surface area contributed by atoms with Crippen LogP contribution in [0.5, 0.6) is 5.75 Å². The lowest BCUT2D eigenvalue weighted by Crippen LogP contribution is -2.49. The Hall–Kier alpha value is -3.45. The van der Waals surface area contributed by atoms with Gasteiger partial charge in [-0.05, 0) is 25.0 Å². The fraction of sp³-hybridized carbons (Fsp3) is 0.455. The molecule has 1 saturated carbocycles. The SMILES string of the molecule is N#Cc1ccc(N2CCN(C(=O)C[C@H]3CC[C@@H](COc4cn[nH]c(=O)c4Cl)C3=O)CC2)nc1. The molecule has 0 spiro atoms. The molecule has 10 nitrogen and oxygen atoms in total. The average Bonchev–Trinajstić information content (AvgIpc) is 3.19. The molecule has 2 fully saturated rings. The first kappa shape index (κ1) is 22.7. The second kappa shape index (κ2) is 10.0. The number of aromatic nitrogens is 3. The Morgan fingerprint density at radius 2 is 1.94 bits per heavy atom. The largest absolute Gasteiger partial charge is 0.489 e. The van der Waals surface area contributed by atoms with E-state index in [1.54, 1.807) is 17.2 Å². The van der Waals surface area contributed by atoms with Gasteiger partial charge in [-0.15, -0.1) is 0 Å². The number of aromatic amines is 1. The summed E-state index contributed by atoms with van der Waals surface area (Å²) in [6, 6.07) is 5.59. The van der Waals surface area contributed by atoms with E-state index in [1.807, 2.05) is 12.1 Å². The summed E-state index contributed by atoms with van der Waals surface area (Å²) in [5.74, 6) is 0.254. The Morgan fingerprint density at radius 3 is 2.64 bits per heavy atom. The van der Waals surface area contributed by atoms with E-state index < -0.39 is 5.56 Å². The number of halogens is 1. The predicted octanol–water partition coefficient (Wildman–Crippen LogP) is 1.40. The highest BCUT2D eigenvalue weighted by molar-refractivity contribution is 6.31. The second-order valence-corrected chi connectivity index (χ2v) is 8.53. The first-order valence-electron chi connectivity index (χ1n) is 10.7. The quantitative estimate of drug-likeness (QED) is 0.670. The van der Waals surface area contributed by atoms with Crippen LogP contribution in [0.4, 0.5) is 5.82 Å². The summed E-state index contributed by atoms with van der Waals surface area (Å²) in [5, 5.41) is 14.6. The van der Waals surface area contributed by atoms with Gasteiger partial charge in [0.2, 0.25) is 5.91 Å². The number of hydrogen-bond acceptors (Lipinski definition) is 8. The van der Waals surface area contributed by atoms with Crippen molar-refractivity contribution in [3.8, 4) is 11.8 Å². The van der Waals surface area contributed by atoms with Crippen LogP contribution < -0.4 is 15.2 Å². The van der Waals surface area contributed by atoms with E-state index in [9.17, 15) is 14.4 Å². The number of nitrogens with zero attached hydrogens (tertiary/aromatic N) is 5. The van der Waals surface area contributed by atoms with Gasteiger partial charge in [-0.3, -0.25) is 14.4 Å². The van der Waals surface area contributed by atoms with Gasteiger partial charge >= 0.3 is 0 Å². The number of nitrogens with one attached hydrogen (secondary N) is 1. The lowest BCUT2D eigenvalue weighted by molar-refractivity contribution is -0.135. The number of piperazine rings is 1. The molecule has 1 saturated heterocycles. The Morgan fingerprint density at radius 1 is 1.18 bits per heavy atom. The molecule has 1 amide bonds. The normalized spacial score (nSPS) is 20.5. The number of pyridine rings is 1. The topological polar surface area (TPSA) is 132 Å². The monoisotopic (exact) mass is 470 g/mol. The van der Waals surface area contributed by atoms with Gasteiger partial charge in [0.15, 0.2) is 10.8 Å². The van der Waals surface area contributed by atoms with Gasteiger partial charge in [0, 0.05) is 44.7 Å². The van der Waals surface area contributed by atoms with Crippen molar-refractivity contribution in [3.63, 3.8) is 0 Å². The maximum absolute atomic E-state index is 12.8. The van der Waals surface area contributed by atoms with Crippen LogP contribution in [0.1, 0.15) is 24.8 Å². The maximum atomic E-state index is 12.8. The number of carbonyl (C=O) groups excluding carboxylic acids is 2. The van der Waals surface area contributed by atoms with Crippen molar-refractivity contribution in [2.75, 3.05) is 37.7 Å². The number of rotatable bonds is 6. The van der Waals surface area contributed by atoms with Crippen LogP contribution in [0.25, 0.3) is 0 Å². The molecule has 2 aliphatic rings. The molecule has 1 aliphatic heterocycles. The molecule has 0 unspecified atom stereocenters. The first-order chi connectivity index (χ1) is 16.0. The van der Waals surface area contributed by atoms with Crippen LogP contribution in [0.2, 0.25) is 5.02 Å². The summed E-state index contributed by atoms with van der Waals surface area (Å²) >= 11 is 5.90. The number of ketones is 1. The number of H-pyrrole nitrogens is 1. The number of carbonyl (C=O) groups is 2. The minimum atomic E-state index is -0.551. The van der Waals surface area contributed by atoms with Crippen molar-refractivity contribution in [2.24, 2.45) is 11.8 Å². The summed E-state index contributed by atoms with van der Waals surface area (Å²) in [4.78, 5) is 45.3. The second-order valence-electron chi connectivity index (χ2n) is 8.15. The molecule has 11 heteroatoms. The molecule has 2 aromatic rings. The number of ether oxygens (including phenoxy) is 1. The van der Waals surface area contributed by atoms with E-state index in [0.29, 0.717) is 44.6 Å². The Labute approximate surface area is 195 Å². The molecule has 2 aromatic heterocycles. The maximum Gasteiger partial charge on any atom is 0.286 e. The summed E-state index contributed by atoms with van der Waals surface area (Å²) in [5.41, 5.74) is -0.0415. The molecular formula is C22H23ClN6O4. The fourth-order valence-corrected chi connectivity index (χ4v) is 4.36. The van der Waals surface area contributed by atoms with E-state index >= 15 is 0 Å². The van der Waals surface area contributed by atoms with Crippen LogP contribution in [0.15, 0.2) is 29.3 Å². The molecule has 172 valence electrons. The molecule has 0 bridgehead atoms. The number of amides is 1. The van der Waals surface area contributed by atoms with Crippen LogP contribution in [0, 0.1) is 23.2 Å². The van der Waals surface area contributed by atoms with Crippen molar-refractivity contribution < 1.29 is 14.3 Å². The van der Waals surface area contributed by atoms with Crippen LogP contribution >= 0.6 is 11.6 Å². The molecule has 2 atom stereocenters. The zero-order valence-electron chi connectivity index (χ0n) is 17.9. The Balaban J connectivity index is 1.25. The first-order valence-corrected chi connectivity index (χ1v) is 11.1. The van der Waals surface area contributed by atoms with Gasteiger partial charge in [0.1, 0.15) is 17.7 Å². The minimum Gasteiger partial charge on any atom is -0.489 e. The minimum absolute atomic E-state index is 0.0118. The smallest absolute Gasteiger partial charge is 0.286 e. The van der Waals surface area contributed by atoms with E-state index in [0.717, 1.165) is 5.82 Å². The summed E-state index contributed by atoms with van der Waals surface area (Å²) in [7, 11) is 0. The lowest BCUT2D eigenvalue weighted by Gasteiger charge is -2.35. The van der Waals surface area contributed by atoms with E-state index in [1.165, 1.54) is 6.20 Å². The van der Waals surface area contributed by atoms with Crippen LogP contribution in [-0.4, -0.2) is 64.6 Å². The standard InChI is InChI=1S/C22H23ClN6O4/c23-20-17(12-26-27-22(20)32)33-13-16-3-2-15(21(16)31)9-19(30)29-7-5-28(6-8-29)18-4-1-14(10-24)11-25-18/h1,4,11-12,15-16H,2-3,5-9,13H2,(H,27,32)/t15-,16+/m1/s1. The number of nitriles is 1. The van der Waals surface area contributed by atoms with Gasteiger partial charge in [-0.2, -0.15) is 10.4 Å². The van der Waals surface area contributed by atoms with Crippen LogP contribution in [-0.2, 0) is 9.59 Å². The number of hydrogen-bond donors (Lipinski definition) is 1. The third-order valence-corrected chi connectivity index (χ3v) is 6.48. The van der Waals surface area contributed by atoms with Crippen molar-refractivity contribution in [1.29, 1.82) is 5.26 Å². The summed E-state index contributed by atoms with van der Waals surface area (Å²) in [6.45, 7) is 2.50. The van der Waals surface area contributed by atoms with Gasteiger partial charge in [0.05, 0.1) is 24.3 Å². The van der Waals surface area contributed by atoms with E-state index in [4.69, 9.17) is 21.6 Å². The molecule has 1 aliphatic carbocycles. The molecule has 3 heterocycles. The Kier molecular flexibility index (Phi) is 6.89. The highest BCUT2D eigenvalue weighted by Crippen LogP contribution is 2.31. The van der Waals surface area contributed by atoms with Crippen molar-refractivity contribution in [2.45, 2.75) is 19.3 Å². The predicted molar refractivity (Wildman–Crippen MR) is 119 cm³/mol. The zero-order valence-corrected chi connectivity index (χ0v) is 18.6. The van der Waals surface area contributed by atoms with Crippen LogP contribution in [0.3, 0.4) is 0 Å². The van der Waals surface area contributed by atoms with E-state index in [2.05, 4.69) is 20.1 Å². The number of Topliss-reactive ketones (excluding diaryl/α,β-unsaturated/α-hetero) is 1. The molecule has 0 aromatic carbocycles. The lowest BCUT2D eigenvalue weighted by atomic mass is 9.99. The average molecular weight is 471 g/mol. The highest BCUT2D eigenvalue weighted by atomic mass is 35.5. The molecule has 1 N–H and O–H groups in total. The van der Waals surface area contributed by atoms with Crippen molar-refractivity contribution in [3.05, 3.63) is 45.5 Å². The van der Waals surface area contributed by atoms with Gasteiger partial charge in [0.25, 0.3) is 5.56 Å². The third-order valence-electron chi connectivity index (χ3n) is 6.13. The molecular weight excluding hydrogens is 448 g/mol. The van der Waals surface area contributed by atoms with Gasteiger partial charge in [-0.25, -0.2) is 10.1 Å². The third kappa shape index (κ3) is 5.14. The van der Waals surface area contributed by atoms with Gasteiger partial charge < -0.3 is 14.5 Å². The summed E-state index contributed by atoms with van der Waals surface area (Å²) < 4.78 is 5.55. The van der Waals surface area contributed by atoms with E-state index in [-0.39, 0.29) is 47.3 Å². The zero-order chi connectivity index (χ0) is 23.4. The van der Waals surface area contributed by atoms with Crippen molar-refractivity contribution >= 4 is 29.1 Å². The Bertz CT molecular complexity index is 1120.